The molecule has 21 heavy (non-hydrogen) atoms. The van der Waals surface area contributed by atoms with Crippen LogP contribution in [0.4, 0.5) is 5.13 Å². The molecule has 1 aliphatic rings. The van der Waals surface area contributed by atoms with Gasteiger partial charge >= 0.3 is 0 Å². The first kappa shape index (κ1) is 13.8. The fourth-order valence-electron chi connectivity index (χ4n) is 2.60. The lowest BCUT2D eigenvalue weighted by molar-refractivity contribution is -0.124. The molecule has 1 heterocycles. The van der Waals surface area contributed by atoms with Crippen LogP contribution in [0.15, 0.2) is 35.7 Å². The van der Waals surface area contributed by atoms with Gasteiger partial charge in [-0.25, -0.2) is 4.98 Å². The number of nitrogens with two attached hydrogens (primary N) is 1. The summed E-state index contributed by atoms with van der Waals surface area (Å²) < 4.78 is 0. The Bertz CT molecular complexity index is 677. The molecule has 5 nitrogen and oxygen atoms in total. The maximum Gasteiger partial charge on any atom is 0.268 e. The molecular formula is C15H15N3O2S. The van der Waals surface area contributed by atoms with E-state index in [1.165, 1.54) is 11.3 Å². The molecule has 108 valence electrons. The van der Waals surface area contributed by atoms with Gasteiger partial charge in [0, 0.05) is 5.38 Å². The highest BCUT2D eigenvalue weighted by atomic mass is 32.1. The molecule has 2 aromatic rings. The lowest BCUT2D eigenvalue weighted by atomic mass is 9.64. The first-order chi connectivity index (χ1) is 10.1. The third-order valence-electron chi connectivity index (χ3n) is 3.95. The van der Waals surface area contributed by atoms with Crippen LogP contribution < -0.4 is 11.1 Å². The van der Waals surface area contributed by atoms with Crippen LogP contribution in [0.3, 0.4) is 0 Å². The average Bonchev–Trinajstić information content (AvgIpc) is 2.87. The van der Waals surface area contributed by atoms with Crippen LogP contribution in [0.5, 0.6) is 0 Å². The van der Waals surface area contributed by atoms with Gasteiger partial charge in [-0.15, -0.1) is 11.3 Å². The van der Waals surface area contributed by atoms with Gasteiger partial charge in [0.25, 0.3) is 5.91 Å². The predicted molar refractivity (Wildman–Crippen MR) is 81.2 cm³/mol. The Morgan fingerprint density at radius 2 is 1.95 bits per heavy atom. The number of carbonyl (C=O) groups excluding carboxylic acids is 2. The molecule has 0 spiro atoms. The van der Waals surface area contributed by atoms with Gasteiger partial charge in [0.05, 0.1) is 5.41 Å². The first-order valence-corrected chi connectivity index (χ1v) is 7.62. The van der Waals surface area contributed by atoms with Gasteiger partial charge in [-0.2, -0.15) is 0 Å². The molecule has 0 unspecified atom stereocenters. The van der Waals surface area contributed by atoms with E-state index < -0.39 is 11.3 Å². The minimum Gasteiger partial charge on any atom is -0.364 e. The van der Waals surface area contributed by atoms with Gasteiger partial charge in [0.15, 0.2) is 5.13 Å². The van der Waals surface area contributed by atoms with Gasteiger partial charge in [-0.1, -0.05) is 36.8 Å². The smallest absolute Gasteiger partial charge is 0.268 e. The lowest BCUT2D eigenvalue weighted by Gasteiger charge is -2.40. The van der Waals surface area contributed by atoms with Crippen molar-refractivity contribution in [2.75, 3.05) is 5.32 Å². The van der Waals surface area contributed by atoms with E-state index in [-0.39, 0.29) is 11.6 Å². The molecule has 0 atom stereocenters. The molecule has 1 saturated carbocycles. The van der Waals surface area contributed by atoms with E-state index in [0.29, 0.717) is 5.13 Å². The minimum atomic E-state index is -0.590. The summed E-state index contributed by atoms with van der Waals surface area (Å²) in [7, 11) is 0. The fraction of sp³-hybridized carbons (Fsp3) is 0.267. The highest BCUT2D eigenvalue weighted by molar-refractivity contribution is 7.14. The number of aromatic nitrogens is 1. The maximum atomic E-state index is 12.6. The molecule has 3 rings (SSSR count). The normalized spacial score (nSPS) is 16.0. The molecule has 1 aromatic carbocycles. The van der Waals surface area contributed by atoms with Crippen molar-refractivity contribution in [3.05, 3.63) is 47.0 Å². The second kappa shape index (κ2) is 5.29. The van der Waals surface area contributed by atoms with Crippen LogP contribution in [0.1, 0.15) is 35.3 Å². The summed E-state index contributed by atoms with van der Waals surface area (Å²) in [4.78, 5) is 27.7. The highest BCUT2D eigenvalue weighted by Gasteiger charge is 2.45. The summed E-state index contributed by atoms with van der Waals surface area (Å²) in [5.74, 6) is -0.654. The Morgan fingerprint density at radius 3 is 2.48 bits per heavy atom. The van der Waals surface area contributed by atoms with Crippen molar-refractivity contribution in [3.8, 4) is 0 Å². The van der Waals surface area contributed by atoms with Crippen LogP contribution >= 0.6 is 11.3 Å². The van der Waals surface area contributed by atoms with E-state index in [0.717, 1.165) is 24.8 Å². The van der Waals surface area contributed by atoms with E-state index in [4.69, 9.17) is 5.73 Å². The lowest BCUT2D eigenvalue weighted by Crippen LogP contribution is -2.45. The van der Waals surface area contributed by atoms with Gasteiger partial charge in [0.1, 0.15) is 5.69 Å². The van der Waals surface area contributed by atoms with Gasteiger partial charge in [-0.3, -0.25) is 9.59 Å². The van der Waals surface area contributed by atoms with Crippen molar-refractivity contribution in [3.63, 3.8) is 0 Å². The SMILES string of the molecule is NC(=O)c1csc(NC(=O)C2(c3ccccc3)CCC2)n1. The number of rotatable bonds is 4. The van der Waals surface area contributed by atoms with Crippen LogP contribution in [0.2, 0.25) is 0 Å². The number of benzene rings is 1. The van der Waals surface area contributed by atoms with Crippen molar-refractivity contribution in [2.24, 2.45) is 5.73 Å². The Labute approximate surface area is 126 Å². The third kappa shape index (κ3) is 2.42. The van der Waals surface area contributed by atoms with Gasteiger partial charge in [-0.05, 0) is 18.4 Å². The van der Waals surface area contributed by atoms with Crippen molar-refractivity contribution in [1.82, 2.24) is 4.98 Å². The van der Waals surface area contributed by atoms with Crippen molar-refractivity contribution in [1.29, 1.82) is 0 Å². The summed E-state index contributed by atoms with van der Waals surface area (Å²) in [5.41, 5.74) is 5.90. The largest absolute Gasteiger partial charge is 0.364 e. The number of thiazole rings is 1. The zero-order chi connectivity index (χ0) is 14.9. The van der Waals surface area contributed by atoms with E-state index >= 15 is 0 Å². The number of primary amides is 1. The standard InChI is InChI=1S/C15H15N3O2S/c16-12(19)11-9-21-14(17-11)18-13(20)15(7-4-8-15)10-5-2-1-3-6-10/h1-3,5-6,9H,4,7-8H2,(H2,16,19)(H,17,18,20). The Hall–Kier alpha value is -2.21. The molecule has 1 aromatic heterocycles. The average molecular weight is 301 g/mol. The van der Waals surface area contributed by atoms with E-state index in [1.807, 2.05) is 30.3 Å². The molecule has 6 heteroatoms. The molecule has 0 aliphatic heterocycles. The summed E-state index contributed by atoms with van der Waals surface area (Å²) in [6.45, 7) is 0. The second-order valence-corrected chi connectivity index (χ2v) is 6.02. The number of nitrogens with one attached hydrogen (secondary N) is 1. The van der Waals surface area contributed by atoms with Crippen LogP contribution in [0, 0.1) is 0 Å². The van der Waals surface area contributed by atoms with Crippen molar-refractivity contribution >= 4 is 28.3 Å². The molecule has 1 fully saturated rings. The maximum absolute atomic E-state index is 12.6. The first-order valence-electron chi connectivity index (χ1n) is 6.74. The van der Waals surface area contributed by atoms with E-state index in [1.54, 1.807) is 5.38 Å². The molecule has 0 saturated heterocycles. The predicted octanol–water partition coefficient (Wildman–Crippen LogP) is 2.30. The van der Waals surface area contributed by atoms with Gasteiger partial charge in [0.2, 0.25) is 5.91 Å². The Balaban J connectivity index is 1.81. The summed E-state index contributed by atoms with van der Waals surface area (Å²) in [6.07, 6.45) is 2.69. The molecule has 0 radical (unpaired) electrons. The highest BCUT2D eigenvalue weighted by Crippen LogP contribution is 2.44. The van der Waals surface area contributed by atoms with Gasteiger partial charge < -0.3 is 11.1 Å². The monoisotopic (exact) mass is 301 g/mol. The van der Waals surface area contributed by atoms with Crippen LogP contribution in [-0.4, -0.2) is 16.8 Å². The number of hydrogen-bond donors (Lipinski definition) is 2. The molecule has 3 N–H and O–H groups in total. The quantitative estimate of drug-likeness (QED) is 0.908. The van der Waals surface area contributed by atoms with Crippen LogP contribution in [-0.2, 0) is 10.2 Å². The zero-order valence-electron chi connectivity index (χ0n) is 11.3. The molecule has 0 bridgehead atoms. The van der Waals surface area contributed by atoms with Crippen LogP contribution in [0.25, 0.3) is 0 Å². The number of amides is 2. The van der Waals surface area contributed by atoms with Crippen molar-refractivity contribution < 1.29 is 9.59 Å². The Kier molecular flexibility index (Phi) is 3.47. The van der Waals surface area contributed by atoms with E-state index in [2.05, 4.69) is 10.3 Å². The summed E-state index contributed by atoms with van der Waals surface area (Å²) >= 11 is 1.21. The third-order valence-corrected chi connectivity index (χ3v) is 4.70. The number of nitrogens with zero attached hydrogens (tertiary/aromatic N) is 1. The Morgan fingerprint density at radius 1 is 1.24 bits per heavy atom. The zero-order valence-corrected chi connectivity index (χ0v) is 12.2. The minimum absolute atomic E-state index is 0.0645. The summed E-state index contributed by atoms with van der Waals surface area (Å²) in [5, 5.41) is 4.78. The fourth-order valence-corrected chi connectivity index (χ4v) is 3.29. The topological polar surface area (TPSA) is 85.1 Å². The molecule has 2 amide bonds. The number of anilines is 1. The second-order valence-electron chi connectivity index (χ2n) is 5.16. The number of carbonyl (C=O) groups is 2. The number of hydrogen-bond acceptors (Lipinski definition) is 4. The molecule has 1 aliphatic carbocycles. The summed E-state index contributed by atoms with van der Waals surface area (Å²) in [6, 6.07) is 9.78. The van der Waals surface area contributed by atoms with E-state index in [9.17, 15) is 9.59 Å². The molecular weight excluding hydrogens is 286 g/mol. The van der Waals surface area contributed by atoms with Crippen molar-refractivity contribution in [2.45, 2.75) is 24.7 Å².